The van der Waals surface area contributed by atoms with E-state index in [-0.39, 0.29) is 12.3 Å². The summed E-state index contributed by atoms with van der Waals surface area (Å²) in [5.74, 6) is 0.00986. The zero-order chi connectivity index (χ0) is 18.5. The van der Waals surface area contributed by atoms with Crippen molar-refractivity contribution in [1.29, 1.82) is 0 Å². The lowest BCUT2D eigenvalue weighted by molar-refractivity contribution is -0.117. The summed E-state index contributed by atoms with van der Waals surface area (Å²) in [5.41, 5.74) is 4.83. The van der Waals surface area contributed by atoms with Crippen molar-refractivity contribution in [3.8, 4) is 17.0 Å². The molecule has 2 N–H and O–H groups in total. The Morgan fingerprint density at radius 2 is 2.22 bits per heavy atom. The van der Waals surface area contributed by atoms with Crippen LogP contribution in [0.15, 0.2) is 29.9 Å². The number of hydrogen-bond acceptors (Lipinski definition) is 6. The van der Waals surface area contributed by atoms with Gasteiger partial charge in [0.1, 0.15) is 28.0 Å². The van der Waals surface area contributed by atoms with E-state index in [4.69, 9.17) is 4.74 Å². The third kappa shape index (κ3) is 2.71. The van der Waals surface area contributed by atoms with Gasteiger partial charge < -0.3 is 15.0 Å². The zero-order valence-electron chi connectivity index (χ0n) is 14.2. The number of fused-ring (bicyclic) bond motifs is 2. The molecule has 4 heterocycles. The van der Waals surface area contributed by atoms with Crippen molar-refractivity contribution >= 4 is 44.4 Å². The maximum atomic E-state index is 13.0. The van der Waals surface area contributed by atoms with Crippen molar-refractivity contribution in [2.75, 3.05) is 12.4 Å². The topological polar surface area (TPSA) is 92.8 Å². The molecule has 1 aliphatic carbocycles. The molecule has 7 nitrogen and oxygen atoms in total. The Kier molecular flexibility index (Phi) is 3.57. The molecule has 27 heavy (non-hydrogen) atoms. The number of aromatic nitrogens is 4. The van der Waals surface area contributed by atoms with Gasteiger partial charge in [0, 0.05) is 22.7 Å². The predicted molar refractivity (Wildman–Crippen MR) is 101 cm³/mol. The van der Waals surface area contributed by atoms with Crippen LogP contribution in [0.5, 0.6) is 5.88 Å². The number of thiazole rings is 1. The van der Waals surface area contributed by atoms with Crippen molar-refractivity contribution in [2.24, 2.45) is 5.92 Å². The van der Waals surface area contributed by atoms with E-state index in [1.165, 1.54) is 11.3 Å². The smallest absolute Gasteiger partial charge is 0.231 e. The largest absolute Gasteiger partial charge is 0.481 e. The third-order valence-electron chi connectivity index (χ3n) is 4.61. The van der Waals surface area contributed by atoms with E-state index in [1.54, 1.807) is 18.7 Å². The van der Waals surface area contributed by atoms with Crippen LogP contribution in [0.2, 0.25) is 0 Å². The minimum atomic E-state index is -1.04. The van der Waals surface area contributed by atoms with E-state index in [9.17, 15) is 9.18 Å². The number of halogens is 1. The molecule has 2 unspecified atom stereocenters. The Balaban J connectivity index is 1.54. The molecule has 1 saturated carbocycles. The fourth-order valence-electron chi connectivity index (χ4n) is 3.08. The number of rotatable bonds is 4. The van der Waals surface area contributed by atoms with Gasteiger partial charge in [-0.15, -0.1) is 11.3 Å². The normalized spacial score (nSPS) is 18.7. The fraction of sp³-hybridized carbons (Fsp3) is 0.222. The Morgan fingerprint density at radius 1 is 1.37 bits per heavy atom. The highest BCUT2D eigenvalue weighted by Crippen LogP contribution is 2.37. The van der Waals surface area contributed by atoms with E-state index < -0.39 is 12.1 Å². The SMILES string of the molecule is COc1nc2scnc2cc1-c1c[nH]c2nc(NC(=O)C3CC3F)ccc12. The number of H-pyrrole nitrogens is 1. The quantitative estimate of drug-likeness (QED) is 0.562. The number of alkyl halides is 1. The molecule has 0 radical (unpaired) electrons. The molecule has 9 heteroatoms. The zero-order valence-corrected chi connectivity index (χ0v) is 15.0. The molecule has 4 aromatic heterocycles. The predicted octanol–water partition coefficient (Wildman–Crippen LogP) is 3.54. The minimum Gasteiger partial charge on any atom is -0.481 e. The second-order valence-electron chi connectivity index (χ2n) is 6.36. The molecule has 0 aromatic carbocycles. The number of carbonyl (C=O) groups is 1. The van der Waals surface area contributed by atoms with Crippen molar-refractivity contribution in [3.63, 3.8) is 0 Å². The van der Waals surface area contributed by atoms with Crippen molar-refractivity contribution in [2.45, 2.75) is 12.6 Å². The summed E-state index contributed by atoms with van der Waals surface area (Å²) in [6.07, 6.45) is 1.07. The maximum absolute atomic E-state index is 13.0. The summed E-state index contributed by atoms with van der Waals surface area (Å²) in [4.78, 5) is 29.1. The Morgan fingerprint density at radius 3 is 3.00 bits per heavy atom. The van der Waals surface area contributed by atoms with Crippen LogP contribution in [0.25, 0.3) is 32.5 Å². The van der Waals surface area contributed by atoms with Gasteiger partial charge >= 0.3 is 0 Å². The molecule has 5 rings (SSSR count). The first-order chi connectivity index (χ1) is 13.1. The number of ether oxygens (including phenoxy) is 1. The molecule has 1 fully saturated rings. The van der Waals surface area contributed by atoms with Crippen molar-refractivity contribution < 1.29 is 13.9 Å². The summed E-state index contributed by atoms with van der Waals surface area (Å²) in [7, 11) is 1.58. The van der Waals surface area contributed by atoms with Crippen LogP contribution in [-0.2, 0) is 4.79 Å². The van der Waals surface area contributed by atoms with Crippen molar-refractivity contribution in [3.05, 3.63) is 29.9 Å². The molecule has 0 spiro atoms. The first-order valence-corrected chi connectivity index (χ1v) is 9.23. The molecule has 2 atom stereocenters. The van der Waals surface area contributed by atoms with Gasteiger partial charge in [0.25, 0.3) is 0 Å². The summed E-state index contributed by atoms with van der Waals surface area (Å²) in [6, 6.07) is 5.49. The Labute approximate surface area is 156 Å². The van der Waals surface area contributed by atoms with Crippen LogP contribution in [-0.4, -0.2) is 39.1 Å². The highest BCUT2D eigenvalue weighted by molar-refractivity contribution is 7.16. The van der Waals surface area contributed by atoms with E-state index in [1.807, 2.05) is 18.3 Å². The van der Waals surface area contributed by atoms with Gasteiger partial charge in [0.05, 0.1) is 18.5 Å². The van der Waals surface area contributed by atoms with Crippen LogP contribution >= 0.6 is 11.3 Å². The number of hydrogen-bond donors (Lipinski definition) is 2. The molecule has 0 bridgehead atoms. The number of nitrogens with zero attached hydrogens (tertiary/aromatic N) is 3. The molecule has 0 saturated heterocycles. The highest BCUT2D eigenvalue weighted by atomic mass is 32.1. The van der Waals surface area contributed by atoms with Gasteiger partial charge in [0.2, 0.25) is 11.8 Å². The van der Waals surface area contributed by atoms with Crippen LogP contribution in [0.1, 0.15) is 6.42 Å². The Bertz CT molecular complexity index is 1190. The first kappa shape index (κ1) is 16.1. The van der Waals surface area contributed by atoms with Gasteiger partial charge in [0.15, 0.2) is 0 Å². The summed E-state index contributed by atoms with van der Waals surface area (Å²) < 4.78 is 18.5. The average Bonchev–Trinajstić information content (AvgIpc) is 3.07. The van der Waals surface area contributed by atoms with E-state index in [2.05, 4.69) is 25.3 Å². The van der Waals surface area contributed by atoms with E-state index >= 15 is 0 Å². The highest BCUT2D eigenvalue weighted by Gasteiger charge is 2.43. The second-order valence-corrected chi connectivity index (χ2v) is 7.20. The number of amides is 1. The standard InChI is InChI=1S/C18H14FN5O2S/c1-26-17-9(5-13-18(24-17)27-7-21-13)11-6-20-15-8(11)2-3-14(22-15)23-16(25)10-4-12(10)19/h2-3,5-7,10,12H,4H2,1H3,(H2,20,22,23,25). The molecular weight excluding hydrogens is 369 g/mol. The molecular formula is C18H14FN5O2S. The number of pyridine rings is 2. The fourth-order valence-corrected chi connectivity index (χ4v) is 3.72. The number of anilines is 1. The minimum absolute atomic E-state index is 0.284. The summed E-state index contributed by atoms with van der Waals surface area (Å²) in [5, 5.41) is 3.52. The van der Waals surface area contributed by atoms with Crippen LogP contribution in [0, 0.1) is 5.92 Å². The lowest BCUT2D eigenvalue weighted by atomic mass is 10.1. The maximum Gasteiger partial charge on any atom is 0.231 e. The number of aromatic amines is 1. The van der Waals surface area contributed by atoms with Gasteiger partial charge in [-0.25, -0.2) is 19.3 Å². The van der Waals surface area contributed by atoms with E-state index in [0.29, 0.717) is 17.3 Å². The molecule has 136 valence electrons. The van der Waals surface area contributed by atoms with Crippen LogP contribution in [0.3, 0.4) is 0 Å². The van der Waals surface area contributed by atoms with Crippen LogP contribution < -0.4 is 10.1 Å². The first-order valence-electron chi connectivity index (χ1n) is 8.35. The lowest BCUT2D eigenvalue weighted by Gasteiger charge is -2.07. The van der Waals surface area contributed by atoms with Gasteiger partial charge in [-0.2, -0.15) is 0 Å². The second kappa shape index (κ2) is 5.98. The molecule has 0 aliphatic heterocycles. The number of carbonyl (C=O) groups excluding carboxylic acids is 1. The summed E-state index contributed by atoms with van der Waals surface area (Å²) in [6.45, 7) is 0. The Hall–Kier alpha value is -3.07. The lowest BCUT2D eigenvalue weighted by Crippen LogP contribution is -2.15. The average molecular weight is 383 g/mol. The van der Waals surface area contributed by atoms with Crippen molar-refractivity contribution in [1.82, 2.24) is 19.9 Å². The van der Waals surface area contributed by atoms with Gasteiger partial charge in [-0.3, -0.25) is 4.79 Å². The summed E-state index contributed by atoms with van der Waals surface area (Å²) >= 11 is 1.45. The monoisotopic (exact) mass is 383 g/mol. The van der Waals surface area contributed by atoms with Crippen LogP contribution in [0.4, 0.5) is 10.2 Å². The number of methoxy groups -OCH3 is 1. The molecule has 4 aromatic rings. The number of nitrogens with one attached hydrogen (secondary N) is 2. The third-order valence-corrected chi connectivity index (χ3v) is 5.35. The van der Waals surface area contributed by atoms with Gasteiger partial charge in [-0.05, 0) is 24.6 Å². The molecule has 1 amide bonds. The van der Waals surface area contributed by atoms with Gasteiger partial charge in [-0.1, -0.05) is 0 Å². The molecule has 1 aliphatic rings. The van der Waals surface area contributed by atoms with E-state index in [0.717, 1.165) is 26.9 Å².